The molecule has 2 aromatic rings. The highest BCUT2D eigenvalue weighted by Crippen LogP contribution is 2.08. The molecule has 2 rings (SSSR count). The number of rotatable bonds is 4. The molecule has 0 radical (unpaired) electrons. The Hall–Kier alpha value is -3.12. The van der Waals surface area contributed by atoms with Crippen molar-refractivity contribution in [3.05, 3.63) is 135 Å². The molecule has 136 valence electrons. The van der Waals surface area contributed by atoms with Crippen LogP contribution in [-0.4, -0.2) is 0 Å². The van der Waals surface area contributed by atoms with Gasteiger partial charge in [0.2, 0.25) is 0 Å². The van der Waals surface area contributed by atoms with E-state index in [2.05, 4.69) is 51.6 Å². The second-order valence-electron chi connectivity index (χ2n) is 5.28. The minimum absolute atomic E-state index is 1.02. The Labute approximate surface area is 160 Å². The van der Waals surface area contributed by atoms with Crippen molar-refractivity contribution >= 4 is 11.6 Å². The van der Waals surface area contributed by atoms with Gasteiger partial charge >= 0.3 is 0 Å². The first-order valence-corrected chi connectivity index (χ1v) is 8.32. The SMILES string of the molecule is C=C(C)c1ccccc1.C=CC(=C)C.C=CC=C.C=Cc1ccccc1. The van der Waals surface area contributed by atoms with E-state index in [1.165, 1.54) is 11.1 Å². The average Bonchev–Trinajstić information content (AvgIpc) is 2.70. The van der Waals surface area contributed by atoms with Gasteiger partial charge in [-0.05, 0) is 25.0 Å². The lowest BCUT2D eigenvalue weighted by Gasteiger charge is -1.94. The summed E-state index contributed by atoms with van der Waals surface area (Å²) in [4.78, 5) is 0. The van der Waals surface area contributed by atoms with Crippen LogP contribution in [-0.2, 0) is 0 Å². The van der Waals surface area contributed by atoms with Gasteiger partial charge in [-0.1, -0.05) is 136 Å². The molecule has 2 aromatic carbocycles. The van der Waals surface area contributed by atoms with Crippen molar-refractivity contribution in [2.24, 2.45) is 0 Å². The molecular weight excluding hydrogens is 312 g/mol. The molecule has 26 heavy (non-hydrogen) atoms. The molecule has 0 heterocycles. The summed E-state index contributed by atoms with van der Waals surface area (Å²) in [5, 5.41) is 0. The fourth-order valence-corrected chi connectivity index (χ4v) is 1.31. The summed E-state index contributed by atoms with van der Waals surface area (Å²) >= 11 is 0. The highest BCUT2D eigenvalue weighted by molar-refractivity contribution is 5.60. The van der Waals surface area contributed by atoms with Crippen molar-refractivity contribution < 1.29 is 0 Å². The summed E-state index contributed by atoms with van der Waals surface area (Å²) in [5.41, 5.74) is 4.53. The van der Waals surface area contributed by atoms with E-state index < -0.39 is 0 Å². The predicted octanol–water partition coefficient (Wildman–Crippen LogP) is 8.16. The maximum Gasteiger partial charge on any atom is -0.0233 e. The van der Waals surface area contributed by atoms with Gasteiger partial charge in [-0.2, -0.15) is 0 Å². The molecule has 0 N–H and O–H groups in total. The summed E-state index contributed by atoms with van der Waals surface area (Å²) in [5.74, 6) is 0. The fourth-order valence-electron chi connectivity index (χ4n) is 1.31. The molecule has 0 atom stereocenters. The van der Waals surface area contributed by atoms with Crippen molar-refractivity contribution in [1.82, 2.24) is 0 Å². The lowest BCUT2D eigenvalue weighted by Crippen LogP contribution is -1.72. The predicted molar refractivity (Wildman–Crippen MR) is 123 cm³/mol. The Kier molecular flexibility index (Phi) is 17.6. The van der Waals surface area contributed by atoms with E-state index in [1.54, 1.807) is 18.2 Å². The third-order valence-corrected chi connectivity index (χ3v) is 2.82. The molecule has 0 nitrogen and oxygen atoms in total. The normalized spacial score (nSPS) is 7.77. The van der Waals surface area contributed by atoms with Crippen LogP contribution in [0.3, 0.4) is 0 Å². The van der Waals surface area contributed by atoms with Crippen LogP contribution in [0.5, 0.6) is 0 Å². The van der Waals surface area contributed by atoms with E-state index in [0.717, 1.165) is 11.1 Å². The molecule has 0 fully saturated rings. The number of hydrogen-bond donors (Lipinski definition) is 0. The summed E-state index contributed by atoms with van der Waals surface area (Å²) in [6.45, 7) is 25.1. The summed E-state index contributed by atoms with van der Waals surface area (Å²) in [7, 11) is 0. The lowest BCUT2D eigenvalue weighted by molar-refractivity contribution is 1.58. The van der Waals surface area contributed by atoms with Crippen LogP contribution in [0, 0.1) is 0 Å². The van der Waals surface area contributed by atoms with Crippen molar-refractivity contribution in [3.8, 4) is 0 Å². The summed E-state index contributed by atoms with van der Waals surface area (Å²) < 4.78 is 0. The highest BCUT2D eigenvalue weighted by Gasteiger charge is 1.86. The first-order valence-electron chi connectivity index (χ1n) is 8.32. The molecule has 0 amide bonds. The first kappa shape index (κ1) is 25.1. The highest BCUT2D eigenvalue weighted by atomic mass is 13.9. The van der Waals surface area contributed by atoms with E-state index in [9.17, 15) is 0 Å². The molecule has 0 saturated carbocycles. The van der Waals surface area contributed by atoms with Gasteiger partial charge in [-0.3, -0.25) is 0 Å². The standard InChI is InChI=1S/C9H10.C8H8.C5H8.C4H6/c1-8(2)9-6-4-3-5-7-9;1-2-8-6-4-3-5-7-8;1-4-5(2)3;1-3-4-2/h3-7H,1H2,2H3;2-7H,1H2;4H,1-2H2,3H3;3-4H,1-2H2. The van der Waals surface area contributed by atoms with Gasteiger partial charge in [0.1, 0.15) is 0 Å². The monoisotopic (exact) mass is 344 g/mol. The van der Waals surface area contributed by atoms with Gasteiger partial charge in [0.15, 0.2) is 0 Å². The van der Waals surface area contributed by atoms with E-state index in [4.69, 9.17) is 0 Å². The maximum atomic E-state index is 3.83. The Morgan fingerprint density at radius 2 is 1.08 bits per heavy atom. The zero-order chi connectivity index (χ0) is 20.2. The number of benzene rings is 2. The van der Waals surface area contributed by atoms with Crippen LogP contribution in [0.1, 0.15) is 25.0 Å². The fraction of sp³-hybridized carbons (Fsp3) is 0.0769. The number of hydrogen-bond acceptors (Lipinski definition) is 0. The minimum atomic E-state index is 1.02. The largest absolute Gasteiger partial charge is 0.0991 e. The van der Waals surface area contributed by atoms with E-state index in [1.807, 2.05) is 68.5 Å². The molecule has 0 heteroatoms. The quantitative estimate of drug-likeness (QED) is 0.491. The lowest BCUT2D eigenvalue weighted by atomic mass is 10.1. The minimum Gasteiger partial charge on any atom is -0.0991 e. The van der Waals surface area contributed by atoms with Crippen molar-refractivity contribution in [3.63, 3.8) is 0 Å². The van der Waals surface area contributed by atoms with Gasteiger partial charge in [-0.15, -0.1) is 0 Å². The third kappa shape index (κ3) is 17.2. The second-order valence-corrected chi connectivity index (χ2v) is 5.28. The smallest absolute Gasteiger partial charge is 0.0233 e. The Morgan fingerprint density at radius 1 is 0.692 bits per heavy atom. The van der Waals surface area contributed by atoms with Crippen molar-refractivity contribution in [2.45, 2.75) is 13.8 Å². The molecule has 0 aliphatic rings. The van der Waals surface area contributed by atoms with Gasteiger partial charge in [0, 0.05) is 0 Å². The Bertz CT molecular complexity index is 652. The molecule has 0 unspecified atom stereocenters. The molecule has 0 bridgehead atoms. The molecule has 0 saturated heterocycles. The molecule has 0 aromatic heterocycles. The third-order valence-electron chi connectivity index (χ3n) is 2.82. The summed E-state index contributed by atoms with van der Waals surface area (Å²) in [6.07, 6.45) is 6.83. The molecule has 0 spiro atoms. The van der Waals surface area contributed by atoms with Crippen LogP contribution in [0.4, 0.5) is 0 Å². The van der Waals surface area contributed by atoms with Gasteiger partial charge in [0.05, 0.1) is 0 Å². The van der Waals surface area contributed by atoms with Crippen LogP contribution in [0.2, 0.25) is 0 Å². The average molecular weight is 345 g/mol. The Balaban J connectivity index is 0. The molecule has 0 aliphatic carbocycles. The second kappa shape index (κ2) is 18.2. The van der Waals surface area contributed by atoms with E-state index in [-0.39, 0.29) is 0 Å². The van der Waals surface area contributed by atoms with E-state index in [0.29, 0.717) is 0 Å². The maximum absolute atomic E-state index is 3.83. The van der Waals surface area contributed by atoms with Crippen molar-refractivity contribution in [2.75, 3.05) is 0 Å². The van der Waals surface area contributed by atoms with E-state index >= 15 is 0 Å². The van der Waals surface area contributed by atoms with Gasteiger partial charge in [0.25, 0.3) is 0 Å². The number of allylic oxidation sites excluding steroid dienone is 5. The van der Waals surface area contributed by atoms with Crippen LogP contribution < -0.4 is 0 Å². The van der Waals surface area contributed by atoms with Crippen molar-refractivity contribution in [1.29, 1.82) is 0 Å². The zero-order valence-corrected chi connectivity index (χ0v) is 16.3. The zero-order valence-electron chi connectivity index (χ0n) is 16.3. The topological polar surface area (TPSA) is 0 Å². The summed E-state index contributed by atoms with van der Waals surface area (Å²) in [6, 6.07) is 20.2. The van der Waals surface area contributed by atoms with Gasteiger partial charge < -0.3 is 0 Å². The van der Waals surface area contributed by atoms with Crippen LogP contribution in [0.25, 0.3) is 11.6 Å². The molecule has 0 aliphatic heterocycles. The van der Waals surface area contributed by atoms with Gasteiger partial charge in [-0.25, -0.2) is 0 Å². The van der Waals surface area contributed by atoms with Crippen LogP contribution >= 0.6 is 0 Å². The Morgan fingerprint density at radius 3 is 1.27 bits per heavy atom. The first-order chi connectivity index (χ1) is 12.4. The van der Waals surface area contributed by atoms with Crippen LogP contribution in [0.15, 0.2) is 124 Å². The molecular formula is C26H32.